The Balaban J connectivity index is -0.00000000762. The molecule has 0 atom stereocenters. The predicted octanol–water partition coefficient (Wildman–Crippen LogP) is 6.48. The Kier molecular flexibility index (Phi) is 96.7. The number of rotatable bonds is 0. The van der Waals surface area contributed by atoms with E-state index in [9.17, 15) is 0 Å². The van der Waals surface area contributed by atoms with Crippen molar-refractivity contribution in [3.8, 4) is 0 Å². The van der Waals surface area contributed by atoms with Crippen molar-refractivity contribution in [2.75, 3.05) is 0 Å². The molecule has 0 spiro atoms. The largest absolute Gasteiger partial charge is 4.00 e. The average molecular weight is 618 g/mol. The molecule has 0 saturated heterocycles. The summed E-state index contributed by atoms with van der Waals surface area (Å²) >= 11 is 0. The first-order valence-corrected chi connectivity index (χ1v) is 33.3. The molecule has 17 heteroatoms. The number of halogens is 8. The SMILES string of the molecule is N.N.N.N.N.N.[Cl][Zn-2]([Cl])([Cl])[Cl].[Cl][Zn-2]([Cl])([Cl])[Cl].[Ru+4]. The van der Waals surface area contributed by atoms with E-state index in [2.05, 4.69) is 0 Å². The van der Waals surface area contributed by atoms with Crippen LogP contribution in [0, 0.1) is 0 Å². The Bertz CT molecular complexity index is 71.0. The summed E-state index contributed by atoms with van der Waals surface area (Å²) in [4.78, 5) is 0. The monoisotopic (exact) mass is 612 g/mol. The van der Waals surface area contributed by atoms with Crippen molar-refractivity contribution >= 4 is 77.5 Å². The summed E-state index contributed by atoms with van der Waals surface area (Å²) in [6.45, 7) is 0. The zero-order valence-corrected chi connectivity index (χ0v) is 22.8. The van der Waals surface area contributed by atoms with Gasteiger partial charge in [-0.2, -0.15) is 0 Å². The molecule has 0 aromatic rings. The molecule has 116 valence electrons. The molecule has 0 aliphatic rings. The van der Waals surface area contributed by atoms with Crippen molar-refractivity contribution in [2.24, 2.45) is 0 Å². The molecule has 0 aliphatic carbocycles. The van der Waals surface area contributed by atoms with Gasteiger partial charge in [-0.15, -0.1) is 0 Å². The second kappa shape index (κ2) is 28.2. The summed E-state index contributed by atoms with van der Waals surface area (Å²) in [5.74, 6) is 0. The van der Waals surface area contributed by atoms with E-state index in [1.807, 2.05) is 0 Å². The molecule has 0 aliphatic heterocycles. The third kappa shape index (κ3) is 412. The second-order valence-electron chi connectivity index (χ2n) is 1.21. The van der Waals surface area contributed by atoms with Gasteiger partial charge < -0.3 is 36.9 Å². The molecule has 0 amide bonds. The maximum absolute atomic E-state index is 5.05. The molecule has 0 aromatic heterocycles. The van der Waals surface area contributed by atoms with Gasteiger partial charge in [-0.1, -0.05) is 0 Å². The van der Waals surface area contributed by atoms with E-state index < -0.39 is 21.6 Å². The first-order valence-electron chi connectivity index (χ1n) is 2.14. The van der Waals surface area contributed by atoms with E-state index in [0.717, 1.165) is 0 Å². The summed E-state index contributed by atoms with van der Waals surface area (Å²) < 4.78 is 0. The van der Waals surface area contributed by atoms with Gasteiger partial charge in [0.05, 0.1) is 0 Å². The van der Waals surface area contributed by atoms with Crippen LogP contribution in [0.5, 0.6) is 0 Å². The van der Waals surface area contributed by atoms with E-state index >= 15 is 0 Å². The van der Waals surface area contributed by atoms with E-state index in [4.69, 9.17) is 77.5 Å². The standard InChI is InChI=1S/8ClH.6H3N.Ru.2Zn/h8*1H;6*1H3;;;/q;;;;;;;;;;;;;;+4;2*+2/p-8. The maximum atomic E-state index is 5.05. The molecule has 0 heterocycles. The fourth-order valence-corrected chi connectivity index (χ4v) is 0. The summed E-state index contributed by atoms with van der Waals surface area (Å²) in [5, 5.41) is 0. The van der Waals surface area contributed by atoms with Gasteiger partial charge in [-0.3, -0.25) is 0 Å². The van der Waals surface area contributed by atoms with Crippen molar-refractivity contribution in [3.05, 3.63) is 0 Å². The summed E-state index contributed by atoms with van der Waals surface area (Å²) in [7, 11) is 33.6. The zero-order valence-electron chi connectivity index (χ0n) is 9.03. The average Bonchev–Trinajstić information content (AvgIpc) is 1.12. The van der Waals surface area contributed by atoms with Crippen LogP contribution in [-0.4, -0.2) is 0 Å². The molecular weight excluding hydrogens is 600 g/mol. The van der Waals surface area contributed by atoms with Crippen LogP contribution in [0.1, 0.15) is 0 Å². The zero-order chi connectivity index (χ0) is 9.00. The van der Waals surface area contributed by atoms with Gasteiger partial charge in [0.2, 0.25) is 0 Å². The maximum Gasteiger partial charge on any atom is 4.00 e. The first kappa shape index (κ1) is 58.4. The van der Waals surface area contributed by atoms with Crippen molar-refractivity contribution in [1.29, 1.82) is 0 Å². The molecule has 0 aromatic carbocycles. The van der Waals surface area contributed by atoms with Gasteiger partial charge >= 0.3 is 119 Å². The van der Waals surface area contributed by atoms with Gasteiger partial charge in [0.15, 0.2) is 0 Å². The number of hydrogen-bond donors (Lipinski definition) is 6. The molecule has 0 unspecified atom stereocenters. The van der Waals surface area contributed by atoms with Crippen LogP contribution in [0.3, 0.4) is 0 Å². The van der Waals surface area contributed by atoms with Gasteiger partial charge in [-0.05, 0) is 0 Å². The van der Waals surface area contributed by atoms with Crippen molar-refractivity contribution in [2.45, 2.75) is 0 Å². The van der Waals surface area contributed by atoms with Crippen LogP contribution in [0.15, 0.2) is 0 Å². The normalized spacial score (nSPS) is 7.06. The predicted molar refractivity (Wildman–Crippen MR) is 77.0 cm³/mol. The van der Waals surface area contributed by atoms with Crippen molar-refractivity contribution < 1.29 is 41.1 Å². The van der Waals surface area contributed by atoms with E-state index in [1.54, 1.807) is 0 Å². The molecule has 0 bridgehead atoms. The summed E-state index contributed by atoms with van der Waals surface area (Å²) in [5.41, 5.74) is 0. The summed E-state index contributed by atoms with van der Waals surface area (Å²) in [6.07, 6.45) is 0. The van der Waals surface area contributed by atoms with Gasteiger partial charge in [-0.25, -0.2) is 0 Å². The quantitative estimate of drug-likeness (QED) is 0.167. The van der Waals surface area contributed by atoms with Crippen molar-refractivity contribution in [1.82, 2.24) is 36.9 Å². The Morgan fingerprint density at radius 3 is 0.353 bits per heavy atom. The smallest absolute Gasteiger partial charge is 4.00 e. The Morgan fingerprint density at radius 1 is 0.353 bits per heavy atom. The molecule has 0 fully saturated rings. The van der Waals surface area contributed by atoms with Gasteiger partial charge in [0.1, 0.15) is 0 Å². The van der Waals surface area contributed by atoms with Crippen LogP contribution in [0.25, 0.3) is 0 Å². The molecule has 18 N–H and O–H groups in total. The Hall–Kier alpha value is 3.95. The van der Waals surface area contributed by atoms with Crippen LogP contribution < -0.4 is 36.9 Å². The third-order valence-corrected chi connectivity index (χ3v) is 0. The Morgan fingerprint density at radius 2 is 0.353 bits per heavy atom. The molecule has 0 saturated carbocycles. The third-order valence-electron chi connectivity index (χ3n) is 0. The van der Waals surface area contributed by atoms with Crippen LogP contribution >= 0.6 is 77.5 Å². The van der Waals surface area contributed by atoms with Crippen LogP contribution in [0.4, 0.5) is 0 Å². The topological polar surface area (TPSA) is 210 Å². The fourth-order valence-electron chi connectivity index (χ4n) is 0. The minimum atomic E-state index is -3.36. The minimum absolute atomic E-state index is 0. The van der Waals surface area contributed by atoms with Gasteiger partial charge in [0.25, 0.3) is 0 Å². The van der Waals surface area contributed by atoms with Crippen LogP contribution in [-0.2, 0) is 41.1 Å². The number of hydrogen-bond acceptors (Lipinski definition) is 6. The van der Waals surface area contributed by atoms with E-state index in [1.165, 1.54) is 0 Å². The van der Waals surface area contributed by atoms with E-state index in [0.29, 0.717) is 0 Å². The van der Waals surface area contributed by atoms with Gasteiger partial charge in [0, 0.05) is 0 Å². The fraction of sp³-hybridized carbons (Fsp3) is 0. The molecule has 17 heavy (non-hydrogen) atoms. The minimum Gasteiger partial charge on any atom is 4.00 e. The molecule has 6 nitrogen and oxygen atoms in total. The first-order chi connectivity index (χ1) is 4.00. The molecule has 0 radical (unpaired) electrons. The Labute approximate surface area is 153 Å². The molecular formula is H18Cl8N6RuZn2. The van der Waals surface area contributed by atoms with Crippen LogP contribution in [0.2, 0.25) is 0 Å². The summed E-state index contributed by atoms with van der Waals surface area (Å²) in [6, 6.07) is 0. The molecule has 0 rings (SSSR count). The second-order valence-corrected chi connectivity index (χ2v) is 56.7. The van der Waals surface area contributed by atoms with Crippen molar-refractivity contribution in [3.63, 3.8) is 0 Å². The van der Waals surface area contributed by atoms with E-state index in [-0.39, 0.29) is 56.4 Å².